The number of carbonyl (C=O) groups is 1. The predicted octanol–water partition coefficient (Wildman–Crippen LogP) is 3.72. The van der Waals surface area contributed by atoms with E-state index >= 15 is 0 Å². The predicted molar refractivity (Wildman–Crippen MR) is 77.3 cm³/mol. The number of rotatable bonds is 4. The van der Waals surface area contributed by atoms with Crippen LogP contribution < -0.4 is 0 Å². The van der Waals surface area contributed by atoms with Crippen LogP contribution in [0.3, 0.4) is 0 Å². The Bertz CT molecular complexity index is 431. The Balaban J connectivity index is 2.26. The molecule has 0 bridgehead atoms. The van der Waals surface area contributed by atoms with Gasteiger partial charge >= 0.3 is 0 Å². The zero-order chi connectivity index (χ0) is 13.0. The number of hydrogen-bond acceptors (Lipinski definition) is 1. The molecule has 1 amide bonds. The van der Waals surface area contributed by atoms with Gasteiger partial charge in [0.25, 0.3) is 0 Å². The summed E-state index contributed by atoms with van der Waals surface area (Å²) in [6, 6.07) is 10.2. The molecule has 1 atom stereocenters. The number of nitrogens with zero attached hydrogens (tertiary/aromatic N) is 1. The molecule has 96 valence electrons. The molecule has 1 heterocycles. The van der Waals surface area contributed by atoms with E-state index < -0.39 is 0 Å². The van der Waals surface area contributed by atoms with E-state index in [1.807, 2.05) is 24.3 Å². The minimum absolute atomic E-state index is 0.192. The SMILES string of the molecule is C=CC[C@]1(Cc2ccccc2)CCCN(Br)C1=O. The Morgan fingerprint density at radius 2 is 2.11 bits per heavy atom. The van der Waals surface area contributed by atoms with Crippen molar-refractivity contribution in [2.75, 3.05) is 6.54 Å². The van der Waals surface area contributed by atoms with Crippen LogP contribution in [0, 0.1) is 5.41 Å². The molecule has 1 aromatic rings. The number of halogens is 1. The van der Waals surface area contributed by atoms with Gasteiger partial charge in [-0.2, -0.15) is 0 Å². The molecule has 0 aromatic heterocycles. The average molecular weight is 308 g/mol. The Hall–Kier alpha value is -1.09. The molecular formula is C15H18BrNO. The first-order valence-electron chi connectivity index (χ1n) is 6.30. The van der Waals surface area contributed by atoms with E-state index in [0.29, 0.717) is 0 Å². The number of amides is 1. The van der Waals surface area contributed by atoms with Crippen molar-refractivity contribution in [1.82, 2.24) is 3.93 Å². The fraction of sp³-hybridized carbons (Fsp3) is 0.400. The van der Waals surface area contributed by atoms with Gasteiger partial charge < -0.3 is 0 Å². The van der Waals surface area contributed by atoms with Crippen LogP contribution in [0.1, 0.15) is 24.8 Å². The van der Waals surface area contributed by atoms with Gasteiger partial charge in [0.2, 0.25) is 5.91 Å². The van der Waals surface area contributed by atoms with Crippen LogP contribution in [0.25, 0.3) is 0 Å². The largest absolute Gasteiger partial charge is 0.278 e. The van der Waals surface area contributed by atoms with Crippen LogP contribution in [-0.4, -0.2) is 16.4 Å². The Morgan fingerprint density at radius 1 is 1.39 bits per heavy atom. The first-order valence-corrected chi connectivity index (χ1v) is 7.01. The third-order valence-electron chi connectivity index (χ3n) is 3.60. The molecule has 3 heteroatoms. The highest BCUT2D eigenvalue weighted by Crippen LogP contribution is 2.39. The van der Waals surface area contributed by atoms with Crippen molar-refractivity contribution in [1.29, 1.82) is 0 Å². The molecule has 18 heavy (non-hydrogen) atoms. The van der Waals surface area contributed by atoms with E-state index in [4.69, 9.17) is 0 Å². The van der Waals surface area contributed by atoms with Crippen LogP contribution in [-0.2, 0) is 11.2 Å². The fourth-order valence-electron chi connectivity index (χ4n) is 2.71. The standard InChI is InChI=1S/C15H18BrNO/c1-2-9-15(10-6-11-17(16)14(15)18)12-13-7-4-3-5-8-13/h2-5,7-8H,1,6,9-12H2/t15-/m1/s1. The molecule has 1 fully saturated rings. The van der Waals surface area contributed by atoms with Crippen molar-refractivity contribution >= 4 is 22.1 Å². The highest BCUT2D eigenvalue weighted by Gasteiger charge is 2.42. The van der Waals surface area contributed by atoms with E-state index in [0.717, 1.165) is 32.2 Å². The minimum atomic E-state index is -0.315. The molecule has 1 aromatic carbocycles. The van der Waals surface area contributed by atoms with E-state index in [-0.39, 0.29) is 11.3 Å². The monoisotopic (exact) mass is 307 g/mol. The Morgan fingerprint density at radius 3 is 2.78 bits per heavy atom. The molecular weight excluding hydrogens is 290 g/mol. The molecule has 0 unspecified atom stereocenters. The number of carbonyl (C=O) groups excluding carboxylic acids is 1. The summed E-state index contributed by atoms with van der Waals surface area (Å²) < 4.78 is 1.68. The molecule has 0 aliphatic carbocycles. The summed E-state index contributed by atoms with van der Waals surface area (Å²) in [6.07, 6.45) is 5.38. The van der Waals surface area contributed by atoms with Gasteiger partial charge in [-0.25, -0.2) is 0 Å². The lowest BCUT2D eigenvalue weighted by atomic mass is 9.72. The second-order valence-electron chi connectivity index (χ2n) is 4.93. The maximum absolute atomic E-state index is 12.5. The molecule has 2 nitrogen and oxygen atoms in total. The third kappa shape index (κ3) is 2.66. The molecule has 0 saturated carbocycles. The van der Waals surface area contributed by atoms with Gasteiger partial charge in [0.1, 0.15) is 0 Å². The lowest BCUT2D eigenvalue weighted by molar-refractivity contribution is -0.139. The number of benzene rings is 1. The minimum Gasteiger partial charge on any atom is -0.278 e. The van der Waals surface area contributed by atoms with Crippen molar-refractivity contribution < 1.29 is 4.79 Å². The Kier molecular flexibility index (Phi) is 4.23. The number of allylic oxidation sites excluding steroid dienone is 1. The van der Waals surface area contributed by atoms with E-state index in [9.17, 15) is 4.79 Å². The quantitative estimate of drug-likeness (QED) is 0.613. The first kappa shape index (κ1) is 13.3. The third-order valence-corrected chi connectivity index (χ3v) is 4.28. The lowest BCUT2D eigenvalue weighted by Gasteiger charge is -2.38. The number of hydrogen-bond donors (Lipinski definition) is 0. The van der Waals surface area contributed by atoms with Gasteiger partial charge in [-0.05, 0) is 31.2 Å². The summed E-state index contributed by atoms with van der Waals surface area (Å²) in [4.78, 5) is 12.5. The molecule has 0 N–H and O–H groups in total. The van der Waals surface area contributed by atoms with Crippen LogP contribution in [0.5, 0.6) is 0 Å². The van der Waals surface area contributed by atoms with Crippen LogP contribution >= 0.6 is 16.1 Å². The lowest BCUT2D eigenvalue weighted by Crippen LogP contribution is -2.45. The maximum Gasteiger partial charge on any atom is 0.239 e. The Labute approximate surface area is 117 Å². The van der Waals surface area contributed by atoms with Gasteiger partial charge in [-0.15, -0.1) is 6.58 Å². The molecule has 0 radical (unpaired) electrons. The summed E-state index contributed by atoms with van der Waals surface area (Å²) in [7, 11) is 0. The molecule has 2 rings (SSSR count). The van der Waals surface area contributed by atoms with Gasteiger partial charge in [0, 0.05) is 6.54 Å². The van der Waals surface area contributed by atoms with Gasteiger partial charge in [-0.1, -0.05) is 36.4 Å². The molecule has 1 aliphatic heterocycles. The smallest absolute Gasteiger partial charge is 0.239 e. The molecule has 1 aliphatic rings. The van der Waals surface area contributed by atoms with Gasteiger partial charge in [0.15, 0.2) is 0 Å². The summed E-state index contributed by atoms with van der Waals surface area (Å²) in [5, 5.41) is 0. The molecule has 1 saturated heterocycles. The van der Waals surface area contributed by atoms with E-state index in [1.54, 1.807) is 3.93 Å². The highest BCUT2D eigenvalue weighted by atomic mass is 79.9. The maximum atomic E-state index is 12.5. The highest BCUT2D eigenvalue weighted by molar-refractivity contribution is 9.07. The normalized spacial score (nSPS) is 24.1. The van der Waals surface area contributed by atoms with E-state index in [2.05, 4.69) is 34.9 Å². The van der Waals surface area contributed by atoms with Crippen molar-refractivity contribution in [3.8, 4) is 0 Å². The zero-order valence-corrected chi connectivity index (χ0v) is 12.0. The van der Waals surface area contributed by atoms with Crippen molar-refractivity contribution in [3.63, 3.8) is 0 Å². The second-order valence-corrected chi connectivity index (χ2v) is 5.79. The average Bonchev–Trinajstić information content (AvgIpc) is 2.37. The van der Waals surface area contributed by atoms with Crippen LogP contribution in [0.15, 0.2) is 43.0 Å². The topological polar surface area (TPSA) is 20.3 Å². The summed E-state index contributed by atoms with van der Waals surface area (Å²) in [6.45, 7) is 4.61. The van der Waals surface area contributed by atoms with Gasteiger partial charge in [-0.3, -0.25) is 8.72 Å². The van der Waals surface area contributed by atoms with Crippen LogP contribution in [0.2, 0.25) is 0 Å². The van der Waals surface area contributed by atoms with E-state index in [1.165, 1.54) is 5.56 Å². The first-order chi connectivity index (χ1) is 8.68. The zero-order valence-electron chi connectivity index (χ0n) is 10.4. The van der Waals surface area contributed by atoms with Crippen molar-refractivity contribution in [2.24, 2.45) is 5.41 Å². The second kappa shape index (κ2) is 5.70. The molecule has 0 spiro atoms. The van der Waals surface area contributed by atoms with Crippen LogP contribution in [0.4, 0.5) is 0 Å². The summed E-state index contributed by atoms with van der Waals surface area (Å²) in [5.41, 5.74) is 0.903. The number of piperidine rings is 1. The van der Waals surface area contributed by atoms with Crippen molar-refractivity contribution in [2.45, 2.75) is 25.7 Å². The van der Waals surface area contributed by atoms with Crippen molar-refractivity contribution in [3.05, 3.63) is 48.6 Å². The fourth-order valence-corrected chi connectivity index (χ4v) is 3.34. The van der Waals surface area contributed by atoms with Gasteiger partial charge in [0.05, 0.1) is 21.6 Å². The summed E-state index contributed by atoms with van der Waals surface area (Å²) >= 11 is 3.36. The summed E-state index contributed by atoms with van der Waals surface area (Å²) in [5.74, 6) is 0.192.